The highest BCUT2D eigenvalue weighted by Crippen LogP contribution is 2.23. The fourth-order valence-corrected chi connectivity index (χ4v) is 4.91. The van der Waals surface area contributed by atoms with Crippen molar-refractivity contribution in [2.24, 2.45) is 0 Å². The van der Waals surface area contributed by atoms with Gasteiger partial charge in [-0.25, -0.2) is 0 Å². The lowest BCUT2D eigenvalue weighted by molar-refractivity contribution is 0.0937. The Kier molecular flexibility index (Phi) is 8.90. The van der Waals surface area contributed by atoms with Crippen molar-refractivity contribution in [2.45, 2.75) is 44.7 Å². The van der Waals surface area contributed by atoms with Crippen molar-refractivity contribution >= 4 is 29.1 Å². The van der Waals surface area contributed by atoms with Crippen molar-refractivity contribution in [1.82, 2.24) is 15.1 Å². The van der Waals surface area contributed by atoms with Crippen LogP contribution in [0.3, 0.4) is 0 Å². The normalized spacial score (nSPS) is 19.5. The third-order valence-electron chi connectivity index (χ3n) is 6.46. The number of carbonyl (C=O) groups excluding carboxylic acids is 1. The van der Waals surface area contributed by atoms with Crippen LogP contribution >= 0.6 is 23.2 Å². The first-order valence-corrected chi connectivity index (χ1v) is 12.7. The number of piperidine rings is 1. The summed E-state index contributed by atoms with van der Waals surface area (Å²) in [7, 11) is 0. The Labute approximate surface area is 207 Å². The molecule has 2 heterocycles. The number of hydrogen-bond acceptors (Lipinski definition) is 4. The first kappa shape index (κ1) is 24.3. The Hall–Kier alpha value is -1.79. The second-order valence-corrected chi connectivity index (χ2v) is 9.89. The number of halogens is 2. The van der Waals surface area contributed by atoms with E-state index in [1.54, 1.807) is 18.2 Å². The maximum atomic E-state index is 12.5. The molecule has 2 aliphatic rings. The number of amides is 1. The second kappa shape index (κ2) is 12.1. The van der Waals surface area contributed by atoms with Gasteiger partial charge in [0.1, 0.15) is 5.75 Å². The highest BCUT2D eigenvalue weighted by atomic mass is 35.5. The molecular formula is C26H33Cl2N3O2. The van der Waals surface area contributed by atoms with Gasteiger partial charge in [0.05, 0.1) is 16.7 Å². The van der Waals surface area contributed by atoms with E-state index in [1.165, 1.54) is 37.9 Å². The van der Waals surface area contributed by atoms with Crippen LogP contribution in [0.2, 0.25) is 10.0 Å². The molecule has 0 saturated carbocycles. The van der Waals surface area contributed by atoms with Crippen molar-refractivity contribution in [2.75, 3.05) is 39.3 Å². The van der Waals surface area contributed by atoms with E-state index in [4.69, 9.17) is 27.9 Å². The summed E-state index contributed by atoms with van der Waals surface area (Å²) in [6.45, 7) is 7.05. The summed E-state index contributed by atoms with van der Waals surface area (Å²) in [5.74, 6) is 0.827. The number of carbonyl (C=O) groups is 1. The van der Waals surface area contributed by atoms with Crippen LogP contribution in [0.5, 0.6) is 5.75 Å². The molecule has 2 aliphatic heterocycles. The SMILES string of the molecule is O=C(N[C@H]1CCN(Cc2ccc(OCCCN3CCCCC3)cc2)C1)c1ccc(Cl)c(Cl)c1. The molecule has 0 spiro atoms. The summed E-state index contributed by atoms with van der Waals surface area (Å²) < 4.78 is 5.94. The molecule has 5 nitrogen and oxygen atoms in total. The summed E-state index contributed by atoms with van der Waals surface area (Å²) in [5.41, 5.74) is 1.79. The molecule has 2 aromatic rings. The van der Waals surface area contributed by atoms with Crippen molar-refractivity contribution in [3.63, 3.8) is 0 Å². The van der Waals surface area contributed by atoms with E-state index in [0.29, 0.717) is 15.6 Å². The quantitative estimate of drug-likeness (QED) is 0.488. The third-order valence-corrected chi connectivity index (χ3v) is 7.19. The van der Waals surface area contributed by atoms with Crippen LogP contribution in [0.4, 0.5) is 0 Å². The standard InChI is InChI=1S/C26H33Cl2N3O2/c27-24-10-7-21(17-25(24)28)26(32)29-22-11-15-31(19-22)18-20-5-8-23(9-6-20)33-16-4-14-30-12-2-1-3-13-30/h5-10,17,22H,1-4,11-16,18-19H2,(H,29,32)/t22-/m0/s1. The van der Waals surface area contributed by atoms with Gasteiger partial charge < -0.3 is 15.0 Å². The van der Waals surface area contributed by atoms with Crippen LogP contribution in [-0.4, -0.2) is 61.1 Å². The van der Waals surface area contributed by atoms with E-state index in [2.05, 4.69) is 39.4 Å². The van der Waals surface area contributed by atoms with Gasteiger partial charge in [-0.15, -0.1) is 0 Å². The minimum Gasteiger partial charge on any atom is -0.494 e. The number of hydrogen-bond donors (Lipinski definition) is 1. The molecule has 2 aromatic carbocycles. The number of likely N-dealkylation sites (tertiary alicyclic amines) is 2. The molecule has 0 aliphatic carbocycles. The average molecular weight is 490 g/mol. The summed E-state index contributed by atoms with van der Waals surface area (Å²) in [4.78, 5) is 17.4. The van der Waals surface area contributed by atoms with Crippen LogP contribution in [0.1, 0.15) is 48.0 Å². The highest BCUT2D eigenvalue weighted by Gasteiger charge is 2.24. The van der Waals surface area contributed by atoms with Gasteiger partial charge in [0.2, 0.25) is 0 Å². The molecule has 33 heavy (non-hydrogen) atoms. The molecule has 0 unspecified atom stereocenters. The molecule has 0 aromatic heterocycles. The van der Waals surface area contributed by atoms with Gasteiger partial charge in [-0.1, -0.05) is 41.8 Å². The Morgan fingerprint density at radius 3 is 2.52 bits per heavy atom. The maximum Gasteiger partial charge on any atom is 0.251 e. The second-order valence-electron chi connectivity index (χ2n) is 9.07. The van der Waals surface area contributed by atoms with Crippen molar-refractivity contribution in [3.8, 4) is 5.75 Å². The lowest BCUT2D eigenvalue weighted by Gasteiger charge is -2.26. The first-order valence-electron chi connectivity index (χ1n) is 12.0. The topological polar surface area (TPSA) is 44.8 Å². The Morgan fingerprint density at radius 1 is 0.970 bits per heavy atom. The molecular weight excluding hydrogens is 457 g/mol. The molecule has 178 valence electrons. The van der Waals surface area contributed by atoms with Gasteiger partial charge in [0, 0.05) is 37.8 Å². The largest absolute Gasteiger partial charge is 0.494 e. The highest BCUT2D eigenvalue weighted by molar-refractivity contribution is 6.42. The average Bonchev–Trinajstić information content (AvgIpc) is 3.27. The molecule has 2 fully saturated rings. The van der Waals surface area contributed by atoms with Crippen LogP contribution in [-0.2, 0) is 6.54 Å². The van der Waals surface area contributed by atoms with Crippen LogP contribution in [0.15, 0.2) is 42.5 Å². The molecule has 2 saturated heterocycles. The van der Waals surface area contributed by atoms with Gasteiger partial charge in [0.25, 0.3) is 5.91 Å². The molecule has 0 bridgehead atoms. The number of nitrogens with one attached hydrogen (secondary N) is 1. The van der Waals surface area contributed by atoms with E-state index in [1.807, 2.05) is 0 Å². The molecule has 0 radical (unpaired) electrons. The van der Waals surface area contributed by atoms with Gasteiger partial charge in [-0.05, 0) is 74.7 Å². The summed E-state index contributed by atoms with van der Waals surface area (Å²) in [6.07, 6.45) is 6.06. The molecule has 4 rings (SSSR count). The van der Waals surface area contributed by atoms with Crippen LogP contribution in [0.25, 0.3) is 0 Å². The zero-order chi connectivity index (χ0) is 23.0. The molecule has 1 amide bonds. The smallest absolute Gasteiger partial charge is 0.251 e. The summed E-state index contributed by atoms with van der Waals surface area (Å²) in [6, 6.07) is 13.5. The van der Waals surface area contributed by atoms with E-state index >= 15 is 0 Å². The first-order chi connectivity index (χ1) is 16.1. The number of benzene rings is 2. The van der Waals surface area contributed by atoms with Crippen molar-refractivity contribution in [1.29, 1.82) is 0 Å². The van der Waals surface area contributed by atoms with Crippen LogP contribution < -0.4 is 10.1 Å². The third kappa shape index (κ3) is 7.35. The lowest BCUT2D eigenvalue weighted by Crippen LogP contribution is -2.37. The fraction of sp³-hybridized carbons (Fsp3) is 0.500. The molecule has 1 N–H and O–H groups in total. The number of ether oxygens (including phenoxy) is 1. The zero-order valence-corrected chi connectivity index (χ0v) is 20.6. The van der Waals surface area contributed by atoms with Crippen molar-refractivity contribution < 1.29 is 9.53 Å². The van der Waals surface area contributed by atoms with Gasteiger partial charge in [-0.3, -0.25) is 9.69 Å². The van der Waals surface area contributed by atoms with Gasteiger partial charge >= 0.3 is 0 Å². The summed E-state index contributed by atoms with van der Waals surface area (Å²) in [5, 5.41) is 3.96. The zero-order valence-electron chi connectivity index (χ0n) is 19.1. The van der Waals surface area contributed by atoms with Gasteiger partial charge in [-0.2, -0.15) is 0 Å². The van der Waals surface area contributed by atoms with E-state index in [0.717, 1.165) is 51.4 Å². The summed E-state index contributed by atoms with van der Waals surface area (Å²) >= 11 is 12.0. The predicted octanol–water partition coefficient (Wildman–Crippen LogP) is 5.25. The Morgan fingerprint density at radius 2 is 1.76 bits per heavy atom. The van der Waals surface area contributed by atoms with E-state index in [9.17, 15) is 4.79 Å². The lowest BCUT2D eigenvalue weighted by atomic mass is 10.1. The monoisotopic (exact) mass is 489 g/mol. The minimum absolute atomic E-state index is 0.109. The number of nitrogens with zero attached hydrogens (tertiary/aromatic N) is 2. The Balaban J connectivity index is 1.16. The Bertz CT molecular complexity index is 916. The molecule has 7 heteroatoms. The number of rotatable bonds is 9. The van der Waals surface area contributed by atoms with Crippen LogP contribution in [0, 0.1) is 0 Å². The predicted molar refractivity (Wildman–Crippen MR) is 134 cm³/mol. The maximum absolute atomic E-state index is 12.5. The van der Waals surface area contributed by atoms with Crippen molar-refractivity contribution in [3.05, 3.63) is 63.6 Å². The fourth-order valence-electron chi connectivity index (χ4n) is 4.61. The molecule has 1 atom stereocenters. The van der Waals surface area contributed by atoms with Gasteiger partial charge in [0.15, 0.2) is 0 Å². The van der Waals surface area contributed by atoms with E-state index < -0.39 is 0 Å². The minimum atomic E-state index is -0.109. The van der Waals surface area contributed by atoms with E-state index in [-0.39, 0.29) is 11.9 Å².